The average molecular weight is 406 g/mol. The molecule has 1 N–H and O–H groups in total. The fourth-order valence-corrected chi connectivity index (χ4v) is 4.17. The van der Waals surface area contributed by atoms with Crippen molar-refractivity contribution in [2.24, 2.45) is 0 Å². The van der Waals surface area contributed by atoms with Gasteiger partial charge in [0.25, 0.3) is 0 Å². The molecule has 28 heavy (non-hydrogen) atoms. The van der Waals surface area contributed by atoms with Crippen LogP contribution in [0.2, 0.25) is 0 Å². The van der Waals surface area contributed by atoms with Crippen LogP contribution >= 0.6 is 0 Å². The predicted octanol–water partition coefficient (Wildman–Crippen LogP) is 6.31. The van der Waals surface area contributed by atoms with Gasteiger partial charge >= 0.3 is 29.6 Å². The van der Waals surface area contributed by atoms with Crippen molar-refractivity contribution in [3.8, 4) is 0 Å². The molecule has 0 aliphatic rings. The van der Waals surface area contributed by atoms with Gasteiger partial charge in [0.1, 0.15) is 0 Å². The maximum Gasteiger partial charge on any atom is 1.00 e. The molecule has 2 heteroatoms. The topological polar surface area (TPSA) is 12.0 Å². The third-order valence-corrected chi connectivity index (χ3v) is 6.05. The van der Waals surface area contributed by atoms with Gasteiger partial charge in [-0.25, -0.2) is 0 Å². The molecule has 0 aromatic carbocycles. The first-order chi connectivity index (χ1) is 13.2. The second-order valence-corrected chi connectivity index (χ2v) is 9.20. The van der Waals surface area contributed by atoms with Crippen molar-refractivity contribution < 1.29 is 31.0 Å². The molecule has 0 amide bonds. The molecule has 0 rings (SSSR count). The van der Waals surface area contributed by atoms with Gasteiger partial charge in [0.2, 0.25) is 0 Å². The van der Waals surface area contributed by atoms with Gasteiger partial charge in [-0.05, 0) is 26.7 Å². The van der Waals surface area contributed by atoms with Gasteiger partial charge in [0.05, 0.1) is 0 Å². The van der Waals surface area contributed by atoms with E-state index < -0.39 is 0 Å². The summed E-state index contributed by atoms with van der Waals surface area (Å²) in [6.45, 7) is 9.37. The largest absolute Gasteiger partial charge is 1.00 e. The molecule has 166 valence electrons. The number of unbranched alkanes of at least 4 members (excludes halogenated alkanes) is 16. The van der Waals surface area contributed by atoms with Crippen LogP contribution in [0.25, 0.3) is 0 Å². The number of nitrogens with one attached hydrogen (secondary N) is 1. The molecule has 0 heterocycles. The van der Waals surface area contributed by atoms with Crippen LogP contribution in [-0.2, 0) is 0 Å². The van der Waals surface area contributed by atoms with E-state index in [-0.39, 0.29) is 31.0 Å². The van der Waals surface area contributed by atoms with Crippen molar-refractivity contribution in [3.63, 3.8) is 0 Å². The predicted molar refractivity (Wildman–Crippen MR) is 127 cm³/mol. The van der Waals surface area contributed by atoms with Crippen molar-refractivity contribution in [1.29, 1.82) is 0 Å². The second-order valence-electron chi connectivity index (χ2n) is 9.20. The molecule has 0 radical (unpaired) electrons. The second kappa shape index (κ2) is 26.0. The van der Waals surface area contributed by atoms with Crippen molar-refractivity contribution in [2.75, 3.05) is 0 Å². The van der Waals surface area contributed by atoms with Crippen LogP contribution in [0.15, 0.2) is 0 Å². The maximum absolute atomic E-state index is 3.83. The Morgan fingerprint density at radius 3 is 1.00 bits per heavy atom. The van der Waals surface area contributed by atoms with E-state index >= 15 is 0 Å². The zero-order chi connectivity index (χ0) is 20.0. The summed E-state index contributed by atoms with van der Waals surface area (Å²) in [6, 6.07) is 1.39. The summed E-state index contributed by atoms with van der Waals surface area (Å²) in [5.74, 6) is 0. The third-order valence-electron chi connectivity index (χ3n) is 6.05. The summed E-state index contributed by atoms with van der Waals surface area (Å²) in [5, 5.41) is 3.83. The molecule has 0 saturated heterocycles. The fraction of sp³-hybridized carbons (Fsp3) is 1.00. The van der Waals surface area contributed by atoms with Crippen molar-refractivity contribution in [3.05, 3.63) is 0 Å². The minimum absolute atomic E-state index is 0. The monoisotopic (exact) mass is 405 g/mol. The van der Waals surface area contributed by atoms with Crippen molar-refractivity contribution >= 4 is 0 Å². The van der Waals surface area contributed by atoms with Crippen LogP contribution in [0, 0.1) is 0 Å². The van der Waals surface area contributed by atoms with Crippen LogP contribution in [0.1, 0.15) is 158 Å². The fourth-order valence-electron chi connectivity index (χ4n) is 4.17. The minimum atomic E-state index is 0. The molecule has 0 aromatic rings. The molecule has 1 nitrogen and oxygen atoms in total. The zero-order valence-electron chi connectivity index (χ0n) is 21.8. The Balaban J connectivity index is -0.00000338. The van der Waals surface area contributed by atoms with Crippen LogP contribution in [-0.4, -0.2) is 12.1 Å². The van der Waals surface area contributed by atoms with Crippen LogP contribution in [0.3, 0.4) is 0 Å². The van der Waals surface area contributed by atoms with E-state index in [1.54, 1.807) is 0 Å². The van der Waals surface area contributed by atoms with E-state index in [0.717, 1.165) is 0 Å². The average Bonchev–Trinajstić information content (AvgIpc) is 2.65. The van der Waals surface area contributed by atoms with Gasteiger partial charge in [0.15, 0.2) is 0 Å². The van der Waals surface area contributed by atoms with Crippen LogP contribution in [0.4, 0.5) is 0 Å². The summed E-state index contributed by atoms with van der Waals surface area (Å²) in [4.78, 5) is 0. The van der Waals surface area contributed by atoms with Gasteiger partial charge in [0, 0.05) is 12.1 Å². The standard InChI is InChI=1S/C26H55N.Na.H/c1-5-7-9-11-13-15-17-19-21-23-25(3)27-26(4)24-22-20-18-16-14-12-10-8-6-2;;/h25-27H,5-24H2,1-4H3;;/q;+1;-1. The van der Waals surface area contributed by atoms with Gasteiger partial charge in [-0.1, -0.05) is 129 Å². The summed E-state index contributed by atoms with van der Waals surface area (Å²) in [7, 11) is 0. The molecule has 0 aliphatic heterocycles. The summed E-state index contributed by atoms with van der Waals surface area (Å²) >= 11 is 0. The van der Waals surface area contributed by atoms with Crippen LogP contribution in [0.5, 0.6) is 0 Å². The van der Waals surface area contributed by atoms with Crippen LogP contribution < -0.4 is 34.9 Å². The molecule has 0 spiro atoms. The molecule has 0 bridgehead atoms. The molecule has 2 atom stereocenters. The number of hydrogen-bond acceptors (Lipinski definition) is 1. The Labute approximate surface area is 203 Å². The van der Waals surface area contributed by atoms with Gasteiger partial charge < -0.3 is 6.74 Å². The SMILES string of the molecule is CCCCCCCCCCCC(C)NC(C)CCCCCCCCCCC.[H-].[Na+]. The number of rotatable bonds is 22. The maximum atomic E-state index is 3.83. The first kappa shape index (κ1) is 31.1. The number of hydrogen-bond donors (Lipinski definition) is 1. The first-order valence-electron chi connectivity index (χ1n) is 13.0. The molecular weight excluding hydrogens is 349 g/mol. The third kappa shape index (κ3) is 25.0. The normalized spacial score (nSPS) is 13.3. The van der Waals surface area contributed by atoms with E-state index in [2.05, 4.69) is 33.0 Å². The smallest absolute Gasteiger partial charge is 1.00 e. The molecular formula is C26H56NNa. The molecule has 0 aliphatic carbocycles. The Bertz CT molecular complexity index is 249. The van der Waals surface area contributed by atoms with Crippen molar-refractivity contribution in [1.82, 2.24) is 5.32 Å². The summed E-state index contributed by atoms with van der Waals surface area (Å²) in [5.41, 5.74) is 0. The summed E-state index contributed by atoms with van der Waals surface area (Å²) < 4.78 is 0. The molecule has 0 saturated carbocycles. The minimum Gasteiger partial charge on any atom is -1.00 e. The Morgan fingerprint density at radius 2 is 0.714 bits per heavy atom. The first-order valence-corrected chi connectivity index (χ1v) is 13.0. The Hall–Kier alpha value is 0.960. The van der Waals surface area contributed by atoms with Crippen molar-refractivity contribution in [2.45, 2.75) is 168 Å². The molecule has 0 fully saturated rings. The van der Waals surface area contributed by atoms with Gasteiger partial charge in [-0.3, -0.25) is 0 Å². The van der Waals surface area contributed by atoms with E-state index in [1.165, 1.54) is 128 Å². The Morgan fingerprint density at radius 1 is 0.464 bits per heavy atom. The van der Waals surface area contributed by atoms with E-state index in [0.29, 0.717) is 12.1 Å². The molecule has 2 unspecified atom stereocenters. The summed E-state index contributed by atoms with van der Waals surface area (Å²) in [6.07, 6.45) is 28.6. The zero-order valence-corrected chi connectivity index (χ0v) is 22.8. The quantitative estimate of drug-likeness (QED) is 0.164. The van der Waals surface area contributed by atoms with E-state index in [1.807, 2.05) is 0 Å². The Kier molecular flexibility index (Phi) is 28.9. The van der Waals surface area contributed by atoms with E-state index in [4.69, 9.17) is 0 Å². The van der Waals surface area contributed by atoms with E-state index in [9.17, 15) is 0 Å². The van der Waals surface area contributed by atoms with Gasteiger partial charge in [-0.15, -0.1) is 0 Å². The molecule has 0 aromatic heterocycles. The van der Waals surface area contributed by atoms with Gasteiger partial charge in [-0.2, -0.15) is 0 Å².